The molecule has 0 saturated carbocycles. The van der Waals surface area contributed by atoms with Gasteiger partial charge in [-0.15, -0.1) is 0 Å². The molecule has 2 rings (SSSR count). The third-order valence-corrected chi connectivity index (χ3v) is 2.26. The van der Waals surface area contributed by atoms with Crippen molar-refractivity contribution in [2.75, 3.05) is 0 Å². The summed E-state index contributed by atoms with van der Waals surface area (Å²) in [5.74, 6) is -0.844. The number of carboxylic acids is 1. The first-order valence-electron chi connectivity index (χ1n) is 4.97. The molecule has 1 aromatic carbocycles. The van der Waals surface area contributed by atoms with Crippen LogP contribution in [0.5, 0.6) is 0 Å². The summed E-state index contributed by atoms with van der Waals surface area (Å²) in [6, 6.07) is 7.89. The van der Waals surface area contributed by atoms with E-state index in [4.69, 9.17) is 5.11 Å². The lowest BCUT2D eigenvalue weighted by molar-refractivity contribution is -0.136. The Hall–Kier alpha value is -2.10. The number of aryl methyl sites for hydroxylation is 1. The van der Waals surface area contributed by atoms with E-state index in [1.165, 1.54) is 0 Å². The van der Waals surface area contributed by atoms with E-state index in [0.717, 1.165) is 11.3 Å². The Morgan fingerprint density at radius 1 is 1.50 bits per heavy atom. The number of carbonyl (C=O) groups is 1. The van der Waals surface area contributed by atoms with Gasteiger partial charge in [-0.3, -0.25) is 4.79 Å². The predicted molar refractivity (Wildman–Crippen MR) is 59.6 cm³/mol. The zero-order valence-electron chi connectivity index (χ0n) is 8.92. The first-order valence-corrected chi connectivity index (χ1v) is 4.97. The largest absolute Gasteiger partial charge is 0.481 e. The van der Waals surface area contributed by atoms with Gasteiger partial charge < -0.3 is 5.11 Å². The molecule has 0 aliphatic carbocycles. The minimum absolute atomic E-state index is 0.00577. The summed E-state index contributed by atoms with van der Waals surface area (Å²) in [4.78, 5) is 10.5. The molecule has 0 unspecified atom stereocenters. The van der Waals surface area contributed by atoms with Crippen LogP contribution in [0.1, 0.15) is 11.1 Å². The Morgan fingerprint density at radius 2 is 2.31 bits per heavy atom. The number of rotatable bonds is 3. The molecule has 0 fully saturated rings. The number of hydrogen-bond acceptors (Lipinski definition) is 2. The second-order valence-corrected chi connectivity index (χ2v) is 3.70. The van der Waals surface area contributed by atoms with Gasteiger partial charge in [-0.25, -0.2) is 4.68 Å². The molecule has 2 aromatic rings. The standard InChI is InChI=1S/C12H12N2O2/c1-9-3-2-4-11(5-9)14-8-10(7-13-14)6-12(15)16/h2-5,7-8H,6H2,1H3,(H,15,16). The van der Waals surface area contributed by atoms with E-state index in [2.05, 4.69) is 5.10 Å². The van der Waals surface area contributed by atoms with Gasteiger partial charge >= 0.3 is 5.97 Å². The summed E-state index contributed by atoms with van der Waals surface area (Å²) >= 11 is 0. The average molecular weight is 216 g/mol. The van der Waals surface area contributed by atoms with Gasteiger partial charge in [0.05, 0.1) is 18.3 Å². The summed E-state index contributed by atoms with van der Waals surface area (Å²) in [5, 5.41) is 12.8. The van der Waals surface area contributed by atoms with E-state index < -0.39 is 5.97 Å². The Kier molecular flexibility index (Phi) is 2.72. The maximum atomic E-state index is 10.5. The average Bonchev–Trinajstić information content (AvgIpc) is 2.65. The molecule has 0 saturated heterocycles. The molecule has 0 aliphatic heterocycles. The summed E-state index contributed by atoms with van der Waals surface area (Å²) in [5.41, 5.74) is 2.79. The molecule has 0 radical (unpaired) electrons. The van der Waals surface area contributed by atoms with Crippen LogP contribution in [-0.2, 0) is 11.2 Å². The third kappa shape index (κ3) is 2.28. The van der Waals surface area contributed by atoms with Gasteiger partial charge in [-0.1, -0.05) is 12.1 Å². The van der Waals surface area contributed by atoms with Crippen LogP contribution in [0.15, 0.2) is 36.7 Å². The topological polar surface area (TPSA) is 55.1 Å². The highest BCUT2D eigenvalue weighted by Crippen LogP contribution is 2.10. The van der Waals surface area contributed by atoms with Crippen LogP contribution < -0.4 is 0 Å². The molecule has 1 aromatic heterocycles. The van der Waals surface area contributed by atoms with Gasteiger partial charge in [0.2, 0.25) is 0 Å². The van der Waals surface area contributed by atoms with Gasteiger partial charge in [-0.05, 0) is 24.6 Å². The fraction of sp³-hybridized carbons (Fsp3) is 0.167. The number of nitrogens with zero attached hydrogens (tertiary/aromatic N) is 2. The lowest BCUT2D eigenvalue weighted by Crippen LogP contribution is -1.98. The van der Waals surface area contributed by atoms with Crippen molar-refractivity contribution >= 4 is 5.97 Å². The first kappa shape index (κ1) is 10.4. The van der Waals surface area contributed by atoms with Gasteiger partial charge in [0.25, 0.3) is 0 Å². The van der Waals surface area contributed by atoms with Crippen molar-refractivity contribution in [2.24, 2.45) is 0 Å². The highest BCUT2D eigenvalue weighted by Gasteiger charge is 2.04. The number of aromatic nitrogens is 2. The van der Waals surface area contributed by atoms with Crippen LogP contribution in [0.25, 0.3) is 5.69 Å². The molecule has 0 aliphatic rings. The van der Waals surface area contributed by atoms with Crippen LogP contribution in [0.4, 0.5) is 0 Å². The molecule has 0 bridgehead atoms. The van der Waals surface area contributed by atoms with Crippen LogP contribution >= 0.6 is 0 Å². The van der Waals surface area contributed by atoms with Crippen molar-refractivity contribution in [3.63, 3.8) is 0 Å². The normalized spacial score (nSPS) is 10.3. The molecule has 1 heterocycles. The van der Waals surface area contributed by atoms with E-state index >= 15 is 0 Å². The summed E-state index contributed by atoms with van der Waals surface area (Å²) in [6.45, 7) is 2.01. The number of benzene rings is 1. The van der Waals surface area contributed by atoms with Gasteiger partial charge in [0.1, 0.15) is 0 Å². The lowest BCUT2D eigenvalue weighted by Gasteiger charge is -2.01. The second kappa shape index (κ2) is 4.18. The van der Waals surface area contributed by atoms with Crippen molar-refractivity contribution in [3.8, 4) is 5.69 Å². The lowest BCUT2D eigenvalue weighted by atomic mass is 10.2. The van der Waals surface area contributed by atoms with Gasteiger partial charge in [0.15, 0.2) is 0 Å². The Bertz CT molecular complexity index is 517. The number of hydrogen-bond donors (Lipinski definition) is 1. The summed E-state index contributed by atoms with van der Waals surface area (Å²) in [7, 11) is 0. The molecular formula is C12H12N2O2. The third-order valence-electron chi connectivity index (χ3n) is 2.26. The molecule has 1 N–H and O–H groups in total. The maximum absolute atomic E-state index is 10.5. The Morgan fingerprint density at radius 3 is 3.00 bits per heavy atom. The highest BCUT2D eigenvalue weighted by molar-refractivity contribution is 5.69. The molecule has 4 nitrogen and oxygen atoms in total. The summed E-state index contributed by atoms with van der Waals surface area (Å²) < 4.78 is 1.69. The van der Waals surface area contributed by atoms with Gasteiger partial charge in [-0.2, -0.15) is 5.10 Å². The minimum Gasteiger partial charge on any atom is -0.481 e. The zero-order valence-corrected chi connectivity index (χ0v) is 8.92. The molecule has 0 amide bonds. The van der Waals surface area contributed by atoms with Crippen LogP contribution in [0, 0.1) is 6.92 Å². The minimum atomic E-state index is -0.844. The van der Waals surface area contributed by atoms with Gasteiger partial charge in [0, 0.05) is 11.8 Å². The van der Waals surface area contributed by atoms with Crippen molar-refractivity contribution in [3.05, 3.63) is 47.8 Å². The van der Waals surface area contributed by atoms with Crippen LogP contribution in [0.2, 0.25) is 0 Å². The number of aliphatic carboxylic acids is 1. The highest BCUT2D eigenvalue weighted by atomic mass is 16.4. The quantitative estimate of drug-likeness (QED) is 0.851. The molecule has 4 heteroatoms. The Labute approximate surface area is 93.1 Å². The van der Waals surface area contributed by atoms with Crippen LogP contribution in [0.3, 0.4) is 0 Å². The zero-order chi connectivity index (χ0) is 11.5. The molecule has 0 spiro atoms. The van der Waals surface area contributed by atoms with E-state index in [1.807, 2.05) is 31.2 Å². The fourth-order valence-corrected chi connectivity index (χ4v) is 1.54. The molecular weight excluding hydrogens is 204 g/mol. The first-order chi connectivity index (χ1) is 7.65. The number of carboxylic acid groups (broad SMARTS) is 1. The fourth-order valence-electron chi connectivity index (χ4n) is 1.54. The van der Waals surface area contributed by atoms with Crippen molar-refractivity contribution in [2.45, 2.75) is 13.3 Å². The Balaban J connectivity index is 2.28. The summed E-state index contributed by atoms with van der Waals surface area (Å²) in [6.07, 6.45) is 3.32. The predicted octanol–water partition coefficient (Wildman–Crippen LogP) is 1.81. The molecule has 82 valence electrons. The molecule has 16 heavy (non-hydrogen) atoms. The SMILES string of the molecule is Cc1cccc(-n2cc(CC(=O)O)cn2)c1. The smallest absolute Gasteiger partial charge is 0.307 e. The van der Waals surface area contributed by atoms with Crippen molar-refractivity contribution in [1.82, 2.24) is 9.78 Å². The van der Waals surface area contributed by atoms with E-state index in [0.29, 0.717) is 5.56 Å². The van der Waals surface area contributed by atoms with E-state index in [1.54, 1.807) is 17.1 Å². The van der Waals surface area contributed by atoms with E-state index in [9.17, 15) is 4.79 Å². The van der Waals surface area contributed by atoms with Crippen molar-refractivity contribution < 1.29 is 9.90 Å². The van der Waals surface area contributed by atoms with Crippen molar-refractivity contribution in [1.29, 1.82) is 0 Å². The maximum Gasteiger partial charge on any atom is 0.307 e. The monoisotopic (exact) mass is 216 g/mol. The van der Waals surface area contributed by atoms with Crippen LogP contribution in [-0.4, -0.2) is 20.9 Å². The molecule has 0 atom stereocenters. The second-order valence-electron chi connectivity index (χ2n) is 3.70. The van der Waals surface area contributed by atoms with E-state index in [-0.39, 0.29) is 6.42 Å².